The Morgan fingerprint density at radius 3 is 2.65 bits per heavy atom. The van der Waals surface area contributed by atoms with Gasteiger partial charge in [-0.25, -0.2) is 0 Å². The van der Waals surface area contributed by atoms with Crippen LogP contribution < -0.4 is 15.4 Å². The van der Waals surface area contributed by atoms with Crippen LogP contribution in [0.3, 0.4) is 0 Å². The molecule has 1 aromatic heterocycles. The van der Waals surface area contributed by atoms with E-state index in [4.69, 9.17) is 9.15 Å². The van der Waals surface area contributed by atoms with Crippen LogP contribution in [0.5, 0.6) is 5.75 Å². The van der Waals surface area contributed by atoms with Crippen molar-refractivity contribution in [1.29, 1.82) is 0 Å². The summed E-state index contributed by atoms with van der Waals surface area (Å²) in [5.41, 5.74) is 2.66. The zero-order valence-corrected chi connectivity index (χ0v) is 14.9. The van der Waals surface area contributed by atoms with Crippen LogP contribution in [0.15, 0.2) is 71.3 Å². The first-order chi connectivity index (χ1) is 12.7. The summed E-state index contributed by atoms with van der Waals surface area (Å²) < 4.78 is 10.8. The highest BCUT2D eigenvalue weighted by atomic mass is 16.5. The molecule has 0 saturated carbocycles. The van der Waals surface area contributed by atoms with Crippen LogP contribution in [0.2, 0.25) is 0 Å². The number of furan rings is 1. The number of quaternary nitrogens is 1. The van der Waals surface area contributed by atoms with Gasteiger partial charge in [0.15, 0.2) is 11.8 Å². The van der Waals surface area contributed by atoms with E-state index in [0.29, 0.717) is 18.0 Å². The maximum absolute atomic E-state index is 13.0. The quantitative estimate of drug-likeness (QED) is 0.687. The van der Waals surface area contributed by atoms with E-state index in [1.807, 2.05) is 72.9 Å². The minimum atomic E-state index is -0.397. The van der Waals surface area contributed by atoms with Crippen molar-refractivity contribution < 1.29 is 19.3 Å². The van der Waals surface area contributed by atoms with Gasteiger partial charge in [-0.15, -0.1) is 0 Å². The van der Waals surface area contributed by atoms with E-state index in [0.717, 1.165) is 16.9 Å². The van der Waals surface area contributed by atoms with Crippen LogP contribution in [0.25, 0.3) is 0 Å². The zero-order valence-electron chi connectivity index (χ0n) is 14.9. The lowest BCUT2D eigenvalue weighted by molar-refractivity contribution is -0.699. The normalized spacial score (nSPS) is 11.8. The number of anilines is 1. The van der Waals surface area contributed by atoms with Gasteiger partial charge in [-0.1, -0.05) is 36.4 Å². The first kappa shape index (κ1) is 17.8. The van der Waals surface area contributed by atoms with Crippen molar-refractivity contribution in [2.24, 2.45) is 0 Å². The van der Waals surface area contributed by atoms with Gasteiger partial charge in [0.1, 0.15) is 12.3 Å². The average molecular weight is 351 g/mol. The van der Waals surface area contributed by atoms with E-state index in [1.165, 1.54) is 0 Å². The Morgan fingerprint density at radius 1 is 1.15 bits per heavy atom. The summed E-state index contributed by atoms with van der Waals surface area (Å²) in [6.07, 6.45) is 1.64. The third-order valence-corrected chi connectivity index (χ3v) is 4.19. The fourth-order valence-electron chi connectivity index (χ4n) is 2.85. The van der Waals surface area contributed by atoms with Crippen LogP contribution in [0, 0.1) is 6.92 Å². The largest absolute Gasteiger partial charge is 0.495 e. The van der Waals surface area contributed by atoms with Gasteiger partial charge in [0, 0.05) is 5.56 Å². The van der Waals surface area contributed by atoms with E-state index in [9.17, 15) is 4.79 Å². The van der Waals surface area contributed by atoms with Crippen LogP contribution in [-0.4, -0.2) is 13.0 Å². The predicted octanol–water partition coefficient (Wildman–Crippen LogP) is 3.04. The van der Waals surface area contributed by atoms with Crippen molar-refractivity contribution in [1.82, 2.24) is 0 Å². The minimum Gasteiger partial charge on any atom is -0.495 e. The van der Waals surface area contributed by atoms with Crippen molar-refractivity contribution in [2.75, 3.05) is 12.4 Å². The Kier molecular flexibility index (Phi) is 5.71. The molecule has 5 nitrogen and oxygen atoms in total. The van der Waals surface area contributed by atoms with Gasteiger partial charge in [-0.2, -0.15) is 0 Å². The summed E-state index contributed by atoms with van der Waals surface area (Å²) in [6, 6.07) is 18.8. The van der Waals surface area contributed by atoms with E-state index in [-0.39, 0.29) is 5.91 Å². The van der Waals surface area contributed by atoms with Gasteiger partial charge < -0.3 is 19.8 Å². The number of carbonyl (C=O) groups excluding carboxylic acids is 1. The number of amides is 1. The molecule has 3 aromatic rings. The van der Waals surface area contributed by atoms with Crippen LogP contribution in [0.1, 0.15) is 22.9 Å². The smallest absolute Gasteiger partial charge is 0.287 e. The number of hydrogen-bond acceptors (Lipinski definition) is 3. The number of aryl methyl sites for hydroxylation is 1. The Labute approximate surface area is 153 Å². The Hall–Kier alpha value is -3.05. The molecule has 3 N–H and O–H groups in total. The molecule has 5 heteroatoms. The molecule has 0 aliphatic heterocycles. The van der Waals surface area contributed by atoms with Crippen molar-refractivity contribution in [3.63, 3.8) is 0 Å². The molecule has 1 amide bonds. The van der Waals surface area contributed by atoms with E-state index < -0.39 is 6.04 Å². The fraction of sp³-hybridized carbons (Fsp3) is 0.190. The van der Waals surface area contributed by atoms with Crippen molar-refractivity contribution in [2.45, 2.75) is 19.5 Å². The molecule has 1 heterocycles. The molecule has 2 aromatic carbocycles. The van der Waals surface area contributed by atoms with E-state index in [1.54, 1.807) is 13.4 Å². The molecule has 0 aliphatic carbocycles. The van der Waals surface area contributed by atoms with Gasteiger partial charge in [0.05, 0.1) is 19.1 Å². The zero-order chi connectivity index (χ0) is 18.4. The van der Waals surface area contributed by atoms with E-state index >= 15 is 0 Å². The molecule has 134 valence electrons. The summed E-state index contributed by atoms with van der Waals surface area (Å²) in [4.78, 5) is 13.0. The van der Waals surface area contributed by atoms with Gasteiger partial charge in [-0.05, 0) is 36.8 Å². The van der Waals surface area contributed by atoms with Gasteiger partial charge in [0.25, 0.3) is 5.91 Å². The van der Waals surface area contributed by atoms with Crippen LogP contribution in [0.4, 0.5) is 5.69 Å². The molecule has 3 rings (SSSR count). The molecule has 0 radical (unpaired) electrons. The molecule has 0 spiro atoms. The first-order valence-electron chi connectivity index (χ1n) is 8.53. The summed E-state index contributed by atoms with van der Waals surface area (Å²) >= 11 is 0. The third-order valence-electron chi connectivity index (χ3n) is 4.19. The maximum atomic E-state index is 13.0. The number of hydrogen-bond donors (Lipinski definition) is 2. The number of nitrogens with one attached hydrogen (secondary N) is 1. The second-order valence-corrected chi connectivity index (χ2v) is 6.10. The molecular formula is C21H23N2O3+. The predicted molar refractivity (Wildman–Crippen MR) is 99.9 cm³/mol. The molecule has 0 bridgehead atoms. The summed E-state index contributed by atoms with van der Waals surface area (Å²) in [5.74, 6) is 1.36. The lowest BCUT2D eigenvalue weighted by atomic mass is 10.1. The summed E-state index contributed by atoms with van der Waals surface area (Å²) in [7, 11) is 1.60. The molecule has 0 saturated heterocycles. The number of ether oxygens (including phenoxy) is 1. The van der Waals surface area contributed by atoms with Crippen molar-refractivity contribution in [3.8, 4) is 5.75 Å². The Morgan fingerprint density at radius 2 is 1.96 bits per heavy atom. The number of rotatable bonds is 7. The first-order valence-corrected chi connectivity index (χ1v) is 8.53. The number of methoxy groups -OCH3 is 1. The lowest BCUT2D eigenvalue weighted by Crippen LogP contribution is -2.85. The third kappa shape index (κ3) is 4.32. The molecule has 1 atom stereocenters. The Bertz CT molecular complexity index is 845. The van der Waals surface area contributed by atoms with Crippen molar-refractivity contribution in [3.05, 3.63) is 83.8 Å². The molecule has 26 heavy (non-hydrogen) atoms. The summed E-state index contributed by atoms with van der Waals surface area (Å²) in [6.45, 7) is 2.55. The maximum Gasteiger partial charge on any atom is 0.287 e. The second kappa shape index (κ2) is 8.36. The van der Waals surface area contributed by atoms with Gasteiger partial charge >= 0.3 is 0 Å². The lowest BCUT2D eigenvalue weighted by Gasteiger charge is -2.17. The Balaban J connectivity index is 1.81. The molecule has 0 fully saturated rings. The summed E-state index contributed by atoms with van der Waals surface area (Å²) in [5, 5.41) is 4.97. The number of nitrogens with two attached hydrogens (primary N) is 1. The van der Waals surface area contributed by atoms with E-state index in [2.05, 4.69) is 5.32 Å². The molecule has 0 unspecified atom stereocenters. The highest BCUT2D eigenvalue weighted by Crippen LogP contribution is 2.26. The average Bonchev–Trinajstić information content (AvgIpc) is 3.16. The standard InChI is InChI=1S/C21H22N2O3/c1-15-10-11-19(25-2)18(13-15)23-21(24)20(16-7-4-3-5-8-16)22-14-17-9-6-12-26-17/h3-13,20,22H,14H2,1-2H3,(H,23,24)/p+1/t20-/m0/s1. The molecule has 0 aliphatic rings. The highest BCUT2D eigenvalue weighted by molar-refractivity contribution is 5.95. The number of carbonyl (C=O) groups is 1. The van der Waals surface area contributed by atoms with Crippen LogP contribution >= 0.6 is 0 Å². The monoisotopic (exact) mass is 351 g/mol. The van der Waals surface area contributed by atoms with Crippen LogP contribution in [-0.2, 0) is 11.3 Å². The SMILES string of the molecule is COc1ccc(C)cc1NC(=O)[C@@H]([NH2+]Cc1ccco1)c1ccccc1. The van der Waals surface area contributed by atoms with Gasteiger partial charge in [-0.3, -0.25) is 4.79 Å². The number of benzene rings is 2. The molecular weight excluding hydrogens is 328 g/mol. The van der Waals surface area contributed by atoms with Gasteiger partial charge in [0.2, 0.25) is 0 Å². The highest BCUT2D eigenvalue weighted by Gasteiger charge is 2.25. The second-order valence-electron chi connectivity index (χ2n) is 6.10. The van der Waals surface area contributed by atoms with Crippen molar-refractivity contribution >= 4 is 11.6 Å². The fourth-order valence-corrected chi connectivity index (χ4v) is 2.85. The topological polar surface area (TPSA) is 68.1 Å². The minimum absolute atomic E-state index is 0.105.